The summed E-state index contributed by atoms with van der Waals surface area (Å²) in [6.07, 6.45) is 5.10. The zero-order valence-corrected chi connectivity index (χ0v) is 12.7. The molecule has 2 nitrogen and oxygen atoms in total. The number of benzene rings is 1. The van der Waals surface area contributed by atoms with Crippen LogP contribution in [0, 0.1) is 5.41 Å². The minimum atomic E-state index is 0.126. The smallest absolute Gasteiger partial charge is 0.121 e. The van der Waals surface area contributed by atoms with E-state index in [1.165, 1.54) is 0 Å². The first kappa shape index (κ1) is 13.7. The molecule has 0 saturated heterocycles. The first-order chi connectivity index (χ1) is 9.69. The molecule has 0 spiro atoms. The van der Waals surface area contributed by atoms with Gasteiger partial charge in [0.05, 0.1) is 5.52 Å². The Bertz CT molecular complexity index is 609. The van der Waals surface area contributed by atoms with E-state index in [4.69, 9.17) is 16.3 Å². The summed E-state index contributed by atoms with van der Waals surface area (Å²) in [6.45, 7) is 4.41. The summed E-state index contributed by atoms with van der Waals surface area (Å²) in [6, 6.07) is 10.1. The molecule has 0 bridgehead atoms. The van der Waals surface area contributed by atoms with Gasteiger partial charge in [-0.2, -0.15) is 0 Å². The summed E-state index contributed by atoms with van der Waals surface area (Å²) in [5.41, 5.74) is 1.10. The van der Waals surface area contributed by atoms with Crippen LogP contribution in [-0.2, 0) is 0 Å². The molecule has 1 aliphatic rings. The quantitative estimate of drug-likeness (QED) is 0.754. The number of rotatable bonds is 4. The lowest BCUT2D eigenvalue weighted by atomic mass is 9.62. The lowest BCUT2D eigenvalue weighted by Crippen LogP contribution is -2.56. The predicted octanol–water partition coefficient (Wildman–Crippen LogP) is 4.80. The number of ether oxygens (including phenoxy) is 1. The van der Waals surface area contributed by atoms with Gasteiger partial charge in [-0.25, -0.2) is 0 Å². The lowest BCUT2D eigenvalue weighted by molar-refractivity contribution is -0.0461. The van der Waals surface area contributed by atoms with Gasteiger partial charge in [0.1, 0.15) is 11.9 Å². The van der Waals surface area contributed by atoms with E-state index in [-0.39, 0.29) is 16.9 Å². The van der Waals surface area contributed by atoms with Crippen molar-refractivity contribution in [2.75, 3.05) is 0 Å². The Balaban J connectivity index is 1.83. The molecule has 1 saturated carbocycles. The van der Waals surface area contributed by atoms with Crippen LogP contribution in [0.25, 0.3) is 10.9 Å². The van der Waals surface area contributed by atoms with Crippen molar-refractivity contribution in [1.29, 1.82) is 0 Å². The van der Waals surface area contributed by atoms with Gasteiger partial charge in [0.15, 0.2) is 0 Å². The molecule has 20 heavy (non-hydrogen) atoms. The van der Waals surface area contributed by atoms with Crippen LogP contribution < -0.4 is 4.74 Å². The van der Waals surface area contributed by atoms with Crippen LogP contribution in [0.5, 0.6) is 5.75 Å². The molecule has 106 valence electrons. The van der Waals surface area contributed by atoms with E-state index in [1.807, 2.05) is 24.4 Å². The predicted molar refractivity (Wildman–Crippen MR) is 83.4 cm³/mol. The largest absolute Gasteiger partial charge is 0.490 e. The second kappa shape index (κ2) is 5.25. The van der Waals surface area contributed by atoms with Gasteiger partial charge in [0.25, 0.3) is 0 Å². The van der Waals surface area contributed by atoms with Crippen LogP contribution in [0.3, 0.4) is 0 Å². The van der Waals surface area contributed by atoms with Gasteiger partial charge in [-0.05, 0) is 31.0 Å². The van der Waals surface area contributed by atoms with E-state index in [9.17, 15) is 0 Å². The number of pyridine rings is 1. The van der Waals surface area contributed by atoms with E-state index in [1.54, 1.807) is 0 Å². The van der Waals surface area contributed by atoms with Gasteiger partial charge in [0, 0.05) is 34.9 Å². The van der Waals surface area contributed by atoms with Gasteiger partial charge < -0.3 is 4.74 Å². The van der Waals surface area contributed by atoms with Crippen LogP contribution in [0.15, 0.2) is 36.5 Å². The molecular weight excluding hydrogens is 270 g/mol. The van der Waals surface area contributed by atoms with Crippen molar-refractivity contribution in [3.05, 3.63) is 36.5 Å². The first-order valence-electron chi connectivity index (χ1n) is 7.35. The summed E-state index contributed by atoms with van der Waals surface area (Å²) in [5, 5.41) is 1.38. The number of hydrogen-bond acceptors (Lipinski definition) is 2. The number of halogens is 1. The number of alkyl halides is 1. The van der Waals surface area contributed by atoms with E-state index in [2.05, 4.69) is 31.0 Å². The maximum Gasteiger partial charge on any atom is 0.121 e. The number of nitrogens with zero attached hydrogens (tertiary/aromatic N) is 1. The molecule has 1 aliphatic carbocycles. The summed E-state index contributed by atoms with van der Waals surface area (Å²) in [4.78, 5) is 4.38. The topological polar surface area (TPSA) is 22.1 Å². The molecule has 1 fully saturated rings. The number of fused-ring (bicyclic) bond motifs is 1. The minimum absolute atomic E-state index is 0.126. The van der Waals surface area contributed by atoms with Crippen molar-refractivity contribution in [2.45, 2.75) is 44.6 Å². The molecule has 0 aliphatic heterocycles. The van der Waals surface area contributed by atoms with Gasteiger partial charge in [-0.15, -0.1) is 11.6 Å². The maximum absolute atomic E-state index is 6.44. The fraction of sp³-hybridized carbons (Fsp3) is 0.471. The van der Waals surface area contributed by atoms with Crippen molar-refractivity contribution in [3.8, 4) is 5.75 Å². The van der Waals surface area contributed by atoms with Crippen LogP contribution >= 0.6 is 11.6 Å². The van der Waals surface area contributed by atoms with Crippen molar-refractivity contribution >= 4 is 22.5 Å². The van der Waals surface area contributed by atoms with Gasteiger partial charge in [0.2, 0.25) is 0 Å². The fourth-order valence-electron chi connectivity index (χ4n) is 3.30. The highest BCUT2D eigenvalue weighted by Crippen LogP contribution is 2.51. The van der Waals surface area contributed by atoms with E-state index < -0.39 is 0 Å². The molecule has 2 aromatic rings. The van der Waals surface area contributed by atoms with Crippen molar-refractivity contribution in [1.82, 2.24) is 4.98 Å². The molecule has 1 aromatic heterocycles. The lowest BCUT2D eigenvalue weighted by Gasteiger charge is -2.52. The average molecular weight is 290 g/mol. The Labute approximate surface area is 125 Å². The van der Waals surface area contributed by atoms with Crippen molar-refractivity contribution in [3.63, 3.8) is 0 Å². The molecule has 2 atom stereocenters. The van der Waals surface area contributed by atoms with Gasteiger partial charge in [-0.3, -0.25) is 4.98 Å². The Kier molecular flexibility index (Phi) is 3.59. The molecule has 0 N–H and O–H groups in total. The molecule has 0 amide bonds. The van der Waals surface area contributed by atoms with Crippen molar-refractivity contribution < 1.29 is 4.74 Å². The van der Waals surface area contributed by atoms with Crippen LogP contribution in [0.2, 0.25) is 0 Å². The van der Waals surface area contributed by atoms with Gasteiger partial charge in [-0.1, -0.05) is 19.9 Å². The molecular formula is C17H20ClNO. The summed E-state index contributed by atoms with van der Waals surface area (Å²) < 4.78 is 6.20. The van der Waals surface area contributed by atoms with Crippen LogP contribution in [0.1, 0.15) is 33.1 Å². The molecule has 3 heteroatoms. The summed E-state index contributed by atoms with van der Waals surface area (Å²) in [7, 11) is 0. The molecule has 1 aromatic carbocycles. The number of aromatic nitrogens is 1. The van der Waals surface area contributed by atoms with E-state index in [0.717, 1.165) is 35.9 Å². The highest BCUT2D eigenvalue weighted by Gasteiger charge is 2.53. The van der Waals surface area contributed by atoms with E-state index in [0.29, 0.717) is 0 Å². The third-order valence-electron chi connectivity index (χ3n) is 4.86. The van der Waals surface area contributed by atoms with E-state index >= 15 is 0 Å². The monoisotopic (exact) mass is 289 g/mol. The Morgan fingerprint density at radius 3 is 2.80 bits per heavy atom. The highest BCUT2D eigenvalue weighted by molar-refractivity contribution is 6.21. The molecule has 3 rings (SSSR count). The normalized spacial score (nSPS) is 24.4. The fourth-order valence-corrected chi connectivity index (χ4v) is 3.91. The highest BCUT2D eigenvalue weighted by atomic mass is 35.5. The number of hydrogen-bond donors (Lipinski definition) is 0. The van der Waals surface area contributed by atoms with Crippen LogP contribution in [-0.4, -0.2) is 16.5 Å². The molecule has 1 heterocycles. The zero-order chi connectivity index (χ0) is 14.2. The molecule has 0 radical (unpaired) electrons. The standard InChI is InChI=1S/C17H20ClNO/c1-3-17(4-2)15(18)11-16(17)20-13-8-7-12-6-5-9-19-14(12)10-13/h5-10,15-16H,3-4,11H2,1-2H3. The minimum Gasteiger partial charge on any atom is -0.490 e. The summed E-state index contributed by atoms with van der Waals surface area (Å²) >= 11 is 6.44. The Morgan fingerprint density at radius 1 is 1.30 bits per heavy atom. The Hall–Kier alpha value is -1.28. The zero-order valence-electron chi connectivity index (χ0n) is 12.0. The second-order valence-electron chi connectivity index (χ2n) is 5.61. The van der Waals surface area contributed by atoms with Gasteiger partial charge >= 0.3 is 0 Å². The van der Waals surface area contributed by atoms with Crippen LogP contribution in [0.4, 0.5) is 0 Å². The second-order valence-corrected chi connectivity index (χ2v) is 6.13. The molecule has 2 unspecified atom stereocenters. The first-order valence-corrected chi connectivity index (χ1v) is 7.78. The third kappa shape index (κ3) is 2.07. The summed E-state index contributed by atoms with van der Waals surface area (Å²) in [5.74, 6) is 0.899. The average Bonchev–Trinajstić information content (AvgIpc) is 2.48. The van der Waals surface area contributed by atoms with Crippen molar-refractivity contribution in [2.24, 2.45) is 5.41 Å². The SMILES string of the molecule is CCC1(CC)C(Cl)CC1Oc1ccc2cccnc2c1. The third-order valence-corrected chi connectivity index (χ3v) is 5.47. The maximum atomic E-state index is 6.44. The Morgan fingerprint density at radius 2 is 2.10 bits per heavy atom.